The summed E-state index contributed by atoms with van der Waals surface area (Å²) in [5.74, 6) is 1.70. The second-order valence-electron chi connectivity index (χ2n) is 9.33. The zero-order chi connectivity index (χ0) is 21.6. The van der Waals surface area contributed by atoms with E-state index in [0.29, 0.717) is 30.8 Å². The number of nitrogens with zero attached hydrogens (tertiary/aromatic N) is 3. The summed E-state index contributed by atoms with van der Waals surface area (Å²) in [7, 11) is 0. The Morgan fingerprint density at radius 3 is 2.21 bits per heavy atom. The number of aliphatic imine (C=N–C) groups is 1. The van der Waals surface area contributed by atoms with Crippen LogP contribution in [0.3, 0.4) is 0 Å². The van der Waals surface area contributed by atoms with Crippen LogP contribution in [-0.2, 0) is 16.7 Å². The molecule has 0 saturated carbocycles. The topological polar surface area (TPSA) is 114 Å². The van der Waals surface area contributed by atoms with Crippen LogP contribution in [0.5, 0.6) is 0 Å². The van der Waals surface area contributed by atoms with E-state index < -0.39 is 17.2 Å². The fraction of sp³-hybridized carbons (Fsp3) is 0.789. The summed E-state index contributed by atoms with van der Waals surface area (Å²) in [6.07, 6.45) is -0.456. The molecule has 0 unspecified atom stereocenters. The Kier molecular flexibility index (Phi) is 10.4. The maximum absolute atomic E-state index is 12.0. The van der Waals surface area contributed by atoms with Crippen molar-refractivity contribution in [1.29, 1.82) is 0 Å². The van der Waals surface area contributed by atoms with Gasteiger partial charge in [-0.1, -0.05) is 25.9 Å². The molecule has 1 aromatic heterocycles. The molecule has 0 spiro atoms. The largest absolute Gasteiger partial charge is 0.444 e. The van der Waals surface area contributed by atoms with E-state index in [0.717, 1.165) is 0 Å². The van der Waals surface area contributed by atoms with Gasteiger partial charge >= 0.3 is 6.09 Å². The maximum Gasteiger partial charge on any atom is 0.408 e. The van der Waals surface area contributed by atoms with E-state index in [9.17, 15) is 4.79 Å². The molecular weight excluding hydrogens is 487 g/mol. The van der Waals surface area contributed by atoms with E-state index in [4.69, 9.17) is 9.26 Å². The van der Waals surface area contributed by atoms with Crippen molar-refractivity contribution in [3.63, 3.8) is 0 Å². The standard InChI is InChI=1S/C19H36N6O3.HI/c1-10-20-15(21-11-13-23-14(28-25-13)17(2,3)4)22-12-19(8,9)24-16(26)27-18(5,6)7;/h10-12H2,1-9H3,(H,24,26)(H2,20,21,22);1H. The zero-order valence-electron chi connectivity index (χ0n) is 19.1. The molecule has 1 aromatic rings. The van der Waals surface area contributed by atoms with Crippen molar-refractivity contribution < 1.29 is 14.1 Å². The van der Waals surface area contributed by atoms with E-state index in [1.54, 1.807) is 0 Å². The van der Waals surface area contributed by atoms with Gasteiger partial charge in [-0.2, -0.15) is 4.98 Å². The highest BCUT2D eigenvalue weighted by atomic mass is 127. The van der Waals surface area contributed by atoms with Crippen LogP contribution < -0.4 is 16.0 Å². The van der Waals surface area contributed by atoms with Crippen molar-refractivity contribution in [1.82, 2.24) is 26.1 Å². The summed E-state index contributed by atoms with van der Waals surface area (Å²) in [4.78, 5) is 20.9. The lowest BCUT2D eigenvalue weighted by Crippen LogP contribution is -2.54. The number of nitrogens with one attached hydrogen (secondary N) is 3. The molecule has 168 valence electrons. The first-order valence-electron chi connectivity index (χ1n) is 9.58. The van der Waals surface area contributed by atoms with Crippen molar-refractivity contribution in [2.75, 3.05) is 13.1 Å². The van der Waals surface area contributed by atoms with Crippen molar-refractivity contribution in [3.05, 3.63) is 11.7 Å². The first kappa shape index (κ1) is 27.4. The van der Waals surface area contributed by atoms with Gasteiger partial charge in [0.15, 0.2) is 11.8 Å². The summed E-state index contributed by atoms with van der Waals surface area (Å²) in [5.41, 5.74) is -1.28. The highest BCUT2D eigenvalue weighted by Crippen LogP contribution is 2.19. The van der Waals surface area contributed by atoms with E-state index >= 15 is 0 Å². The highest BCUT2D eigenvalue weighted by Gasteiger charge is 2.25. The number of hydrogen-bond acceptors (Lipinski definition) is 6. The number of hydrogen-bond donors (Lipinski definition) is 3. The molecular formula is C19H37IN6O3. The summed E-state index contributed by atoms with van der Waals surface area (Å²) < 4.78 is 10.6. The molecule has 9 nitrogen and oxygen atoms in total. The summed E-state index contributed by atoms with van der Waals surface area (Å²) in [5, 5.41) is 13.2. The molecule has 0 aliphatic heterocycles. The normalized spacial score (nSPS) is 12.8. The number of guanidine groups is 1. The lowest BCUT2D eigenvalue weighted by atomic mass is 9.97. The van der Waals surface area contributed by atoms with Gasteiger partial charge in [0.25, 0.3) is 0 Å². The third-order valence-corrected chi connectivity index (χ3v) is 3.37. The predicted octanol–water partition coefficient (Wildman–Crippen LogP) is 3.34. The number of carbonyl (C=O) groups excluding carboxylic acids is 1. The number of carbonyl (C=O) groups is 1. The van der Waals surface area contributed by atoms with Gasteiger partial charge in [-0.25, -0.2) is 9.79 Å². The molecule has 0 aromatic carbocycles. The smallest absolute Gasteiger partial charge is 0.408 e. The van der Waals surface area contributed by atoms with Crippen LogP contribution in [0.15, 0.2) is 9.52 Å². The first-order chi connectivity index (χ1) is 12.7. The van der Waals surface area contributed by atoms with Crippen molar-refractivity contribution in [3.8, 4) is 0 Å². The van der Waals surface area contributed by atoms with Gasteiger partial charge < -0.3 is 25.2 Å². The van der Waals surface area contributed by atoms with Crippen molar-refractivity contribution >= 4 is 36.0 Å². The molecule has 0 saturated heterocycles. The molecule has 0 radical (unpaired) electrons. The molecule has 10 heteroatoms. The SMILES string of the molecule is CCNC(=NCc1noc(C(C)(C)C)n1)NCC(C)(C)NC(=O)OC(C)(C)C.I. The van der Waals surface area contributed by atoms with Crippen LogP contribution in [0.25, 0.3) is 0 Å². The third-order valence-electron chi connectivity index (χ3n) is 3.37. The van der Waals surface area contributed by atoms with E-state index in [2.05, 4.69) is 31.1 Å². The molecule has 1 heterocycles. The average molecular weight is 524 g/mol. The van der Waals surface area contributed by atoms with Crippen LogP contribution in [-0.4, -0.2) is 46.4 Å². The highest BCUT2D eigenvalue weighted by molar-refractivity contribution is 14.0. The molecule has 29 heavy (non-hydrogen) atoms. The molecule has 0 fully saturated rings. The summed E-state index contributed by atoms with van der Waals surface area (Å²) in [6.45, 7) is 18.8. The van der Waals surface area contributed by atoms with Gasteiger partial charge in [0.2, 0.25) is 5.89 Å². The minimum atomic E-state index is -0.541. The fourth-order valence-corrected chi connectivity index (χ4v) is 2.04. The van der Waals surface area contributed by atoms with Crippen LogP contribution in [0.4, 0.5) is 4.79 Å². The fourth-order valence-electron chi connectivity index (χ4n) is 2.04. The molecule has 1 amide bonds. The first-order valence-corrected chi connectivity index (χ1v) is 9.58. The number of halogens is 1. The number of amides is 1. The van der Waals surface area contributed by atoms with Gasteiger partial charge in [0.1, 0.15) is 12.1 Å². The van der Waals surface area contributed by atoms with Gasteiger partial charge in [-0.05, 0) is 41.5 Å². The zero-order valence-corrected chi connectivity index (χ0v) is 21.4. The Balaban J connectivity index is 0.00000784. The van der Waals surface area contributed by atoms with Gasteiger partial charge in [-0.15, -0.1) is 24.0 Å². The molecule has 0 bridgehead atoms. The Labute approximate surface area is 191 Å². The third kappa shape index (κ3) is 11.2. The second kappa shape index (κ2) is 11.0. The van der Waals surface area contributed by atoms with Crippen LogP contribution in [0.2, 0.25) is 0 Å². The Bertz CT molecular complexity index is 674. The minimum absolute atomic E-state index is 0. The predicted molar refractivity (Wildman–Crippen MR) is 125 cm³/mol. The lowest BCUT2D eigenvalue weighted by Gasteiger charge is -2.29. The number of ether oxygens (including phenoxy) is 1. The van der Waals surface area contributed by atoms with Crippen LogP contribution in [0, 0.1) is 0 Å². The average Bonchev–Trinajstić information content (AvgIpc) is 2.96. The van der Waals surface area contributed by atoms with Gasteiger partial charge in [0.05, 0.1) is 5.54 Å². The lowest BCUT2D eigenvalue weighted by molar-refractivity contribution is 0.0474. The summed E-state index contributed by atoms with van der Waals surface area (Å²) in [6, 6.07) is 0. The van der Waals surface area contributed by atoms with Crippen LogP contribution in [0.1, 0.15) is 74.0 Å². The second-order valence-corrected chi connectivity index (χ2v) is 9.33. The van der Waals surface area contributed by atoms with E-state index in [-0.39, 0.29) is 35.9 Å². The monoisotopic (exact) mass is 524 g/mol. The maximum atomic E-state index is 12.0. The number of aromatic nitrogens is 2. The van der Waals surface area contributed by atoms with E-state index in [1.807, 2.05) is 62.3 Å². The molecule has 0 atom stereocenters. The van der Waals surface area contributed by atoms with E-state index in [1.165, 1.54) is 0 Å². The molecule has 3 N–H and O–H groups in total. The van der Waals surface area contributed by atoms with Crippen LogP contribution >= 0.6 is 24.0 Å². The Hall–Kier alpha value is -1.59. The number of alkyl carbamates (subject to hydrolysis) is 1. The Morgan fingerprint density at radius 2 is 1.72 bits per heavy atom. The quantitative estimate of drug-likeness (QED) is 0.297. The van der Waals surface area contributed by atoms with Gasteiger partial charge in [-0.3, -0.25) is 0 Å². The molecule has 1 rings (SSSR count). The van der Waals surface area contributed by atoms with Crippen molar-refractivity contribution in [2.45, 2.75) is 85.4 Å². The number of rotatable bonds is 6. The summed E-state index contributed by atoms with van der Waals surface area (Å²) >= 11 is 0. The minimum Gasteiger partial charge on any atom is -0.444 e. The van der Waals surface area contributed by atoms with Crippen molar-refractivity contribution in [2.24, 2.45) is 4.99 Å². The van der Waals surface area contributed by atoms with Gasteiger partial charge in [0, 0.05) is 18.5 Å². The molecule has 0 aliphatic rings. The molecule has 0 aliphatic carbocycles. The Morgan fingerprint density at radius 1 is 1.10 bits per heavy atom.